The molecule has 2 rings (SSSR count). The summed E-state index contributed by atoms with van der Waals surface area (Å²) in [6.07, 6.45) is 0.925. The van der Waals surface area contributed by atoms with Crippen molar-refractivity contribution in [3.63, 3.8) is 0 Å². The molecule has 0 spiro atoms. The van der Waals surface area contributed by atoms with Crippen molar-refractivity contribution in [3.8, 4) is 0 Å². The number of rotatable bonds is 4. The first-order valence-corrected chi connectivity index (χ1v) is 6.70. The van der Waals surface area contributed by atoms with Crippen molar-refractivity contribution in [2.75, 3.05) is 0 Å². The van der Waals surface area contributed by atoms with E-state index in [1.165, 1.54) is 0 Å². The number of hydrogen-bond donors (Lipinski definition) is 1. The van der Waals surface area contributed by atoms with E-state index < -0.39 is 6.10 Å². The number of hydrogen-bond acceptors (Lipinski definition) is 3. The third kappa shape index (κ3) is 2.59. The molecule has 4 heteroatoms. The Balaban J connectivity index is 2.25. The number of aromatic nitrogens is 2. The third-order valence-corrected chi connectivity index (χ3v) is 3.74. The summed E-state index contributed by atoms with van der Waals surface area (Å²) in [5.74, 6) is 1.69. The highest BCUT2D eigenvalue weighted by Crippen LogP contribution is 2.29. The SMILES string of the molecule is CCc1cc(CC(O)c2c(C)oc(C)c2C)n(C)n1. The summed E-state index contributed by atoms with van der Waals surface area (Å²) in [6, 6.07) is 2.06. The fraction of sp³-hybridized carbons (Fsp3) is 0.533. The van der Waals surface area contributed by atoms with E-state index in [-0.39, 0.29) is 0 Å². The van der Waals surface area contributed by atoms with Gasteiger partial charge >= 0.3 is 0 Å². The van der Waals surface area contributed by atoms with Crippen molar-refractivity contribution in [1.82, 2.24) is 9.78 Å². The first kappa shape index (κ1) is 13.9. The summed E-state index contributed by atoms with van der Waals surface area (Å²) < 4.78 is 7.43. The van der Waals surface area contributed by atoms with E-state index in [4.69, 9.17) is 4.42 Å². The van der Waals surface area contributed by atoms with Crippen LogP contribution in [0.5, 0.6) is 0 Å². The number of aliphatic hydroxyl groups is 1. The molecule has 104 valence electrons. The Bertz CT molecular complexity index is 581. The van der Waals surface area contributed by atoms with Crippen LogP contribution in [0.15, 0.2) is 10.5 Å². The quantitative estimate of drug-likeness (QED) is 0.921. The number of aryl methyl sites for hydroxylation is 4. The van der Waals surface area contributed by atoms with Crippen molar-refractivity contribution >= 4 is 0 Å². The molecule has 0 amide bonds. The Morgan fingerprint density at radius 3 is 2.47 bits per heavy atom. The van der Waals surface area contributed by atoms with Gasteiger partial charge in [-0.3, -0.25) is 4.68 Å². The molecule has 0 aliphatic carbocycles. The van der Waals surface area contributed by atoms with Crippen LogP contribution in [0.25, 0.3) is 0 Å². The zero-order valence-corrected chi connectivity index (χ0v) is 12.3. The highest BCUT2D eigenvalue weighted by Gasteiger charge is 2.20. The van der Waals surface area contributed by atoms with Gasteiger partial charge in [0.15, 0.2) is 0 Å². The molecule has 1 atom stereocenters. The fourth-order valence-corrected chi connectivity index (χ4v) is 2.53. The first-order valence-electron chi connectivity index (χ1n) is 6.70. The van der Waals surface area contributed by atoms with E-state index in [0.29, 0.717) is 6.42 Å². The van der Waals surface area contributed by atoms with Gasteiger partial charge in [0.1, 0.15) is 11.5 Å². The van der Waals surface area contributed by atoms with Crippen molar-refractivity contribution < 1.29 is 9.52 Å². The molecule has 0 aromatic carbocycles. The summed E-state index contributed by atoms with van der Waals surface area (Å²) in [6.45, 7) is 7.90. The standard InChI is InChI=1S/C15H22N2O2/c1-6-12-7-13(17(5)16-12)8-14(18)15-9(2)10(3)19-11(15)4/h7,14,18H,6,8H2,1-5H3. The lowest BCUT2D eigenvalue weighted by Gasteiger charge is -2.11. The molecule has 0 saturated carbocycles. The van der Waals surface area contributed by atoms with E-state index in [1.807, 2.05) is 32.5 Å². The van der Waals surface area contributed by atoms with Crippen LogP contribution >= 0.6 is 0 Å². The van der Waals surface area contributed by atoms with Gasteiger partial charge in [-0.2, -0.15) is 5.10 Å². The van der Waals surface area contributed by atoms with E-state index >= 15 is 0 Å². The molecule has 0 fully saturated rings. The smallest absolute Gasteiger partial charge is 0.107 e. The van der Waals surface area contributed by atoms with Crippen LogP contribution in [-0.2, 0) is 19.9 Å². The molecule has 1 N–H and O–H groups in total. The minimum Gasteiger partial charge on any atom is -0.466 e. The van der Waals surface area contributed by atoms with Crippen molar-refractivity contribution in [2.45, 2.75) is 46.6 Å². The third-order valence-electron chi connectivity index (χ3n) is 3.74. The Kier molecular flexibility index (Phi) is 3.80. The summed E-state index contributed by atoms with van der Waals surface area (Å²) in [5.41, 5.74) is 4.06. The maximum absolute atomic E-state index is 10.5. The lowest BCUT2D eigenvalue weighted by molar-refractivity contribution is 0.173. The minimum atomic E-state index is -0.544. The predicted octanol–water partition coefficient (Wildman–Crippen LogP) is 2.78. The first-order chi connectivity index (χ1) is 8.93. The highest BCUT2D eigenvalue weighted by molar-refractivity contribution is 5.34. The highest BCUT2D eigenvalue weighted by atomic mass is 16.3. The Labute approximate surface area is 114 Å². The number of aliphatic hydroxyl groups excluding tert-OH is 1. The van der Waals surface area contributed by atoms with E-state index in [0.717, 1.165) is 40.5 Å². The summed E-state index contributed by atoms with van der Waals surface area (Å²) in [4.78, 5) is 0. The summed E-state index contributed by atoms with van der Waals surface area (Å²) >= 11 is 0. The van der Waals surface area contributed by atoms with Crippen LogP contribution in [0.1, 0.15) is 47.1 Å². The molecule has 0 radical (unpaired) electrons. The normalized spacial score (nSPS) is 12.9. The van der Waals surface area contributed by atoms with Gasteiger partial charge in [-0.1, -0.05) is 6.92 Å². The Hall–Kier alpha value is -1.55. The van der Waals surface area contributed by atoms with Gasteiger partial charge in [-0.15, -0.1) is 0 Å². The second-order valence-electron chi connectivity index (χ2n) is 5.08. The van der Waals surface area contributed by atoms with Crippen molar-refractivity contribution in [3.05, 3.63) is 40.1 Å². The maximum Gasteiger partial charge on any atom is 0.107 e. The van der Waals surface area contributed by atoms with Gasteiger partial charge in [-0.05, 0) is 38.8 Å². The zero-order valence-electron chi connectivity index (χ0n) is 12.3. The monoisotopic (exact) mass is 262 g/mol. The lowest BCUT2D eigenvalue weighted by Crippen LogP contribution is -2.07. The van der Waals surface area contributed by atoms with Crippen LogP contribution in [-0.4, -0.2) is 14.9 Å². The predicted molar refractivity (Wildman–Crippen MR) is 74.2 cm³/mol. The Morgan fingerprint density at radius 2 is 2.00 bits per heavy atom. The number of furan rings is 1. The van der Waals surface area contributed by atoms with Crippen LogP contribution in [0.3, 0.4) is 0 Å². The average molecular weight is 262 g/mol. The van der Waals surface area contributed by atoms with Crippen molar-refractivity contribution in [1.29, 1.82) is 0 Å². The van der Waals surface area contributed by atoms with Gasteiger partial charge in [0.25, 0.3) is 0 Å². The van der Waals surface area contributed by atoms with Gasteiger partial charge in [0.2, 0.25) is 0 Å². The summed E-state index contributed by atoms with van der Waals surface area (Å²) in [7, 11) is 1.92. The minimum absolute atomic E-state index is 0.544. The van der Waals surface area contributed by atoms with Crippen LogP contribution < -0.4 is 0 Å². The second kappa shape index (κ2) is 5.21. The van der Waals surface area contributed by atoms with Gasteiger partial charge in [-0.25, -0.2) is 0 Å². The molecule has 2 heterocycles. The molecule has 0 saturated heterocycles. The number of nitrogens with zero attached hydrogens (tertiary/aromatic N) is 2. The maximum atomic E-state index is 10.5. The lowest BCUT2D eigenvalue weighted by atomic mass is 10.0. The van der Waals surface area contributed by atoms with Gasteiger partial charge < -0.3 is 9.52 Å². The summed E-state index contributed by atoms with van der Waals surface area (Å²) in [5, 5.41) is 14.9. The largest absolute Gasteiger partial charge is 0.466 e. The molecule has 0 bridgehead atoms. The molecule has 2 aromatic rings. The van der Waals surface area contributed by atoms with E-state index in [1.54, 1.807) is 0 Å². The van der Waals surface area contributed by atoms with E-state index in [9.17, 15) is 5.11 Å². The van der Waals surface area contributed by atoms with Crippen LogP contribution in [0, 0.1) is 20.8 Å². The van der Waals surface area contributed by atoms with Crippen LogP contribution in [0.4, 0.5) is 0 Å². The fourth-order valence-electron chi connectivity index (χ4n) is 2.53. The Morgan fingerprint density at radius 1 is 1.32 bits per heavy atom. The molecule has 0 aliphatic heterocycles. The molecular formula is C15H22N2O2. The molecule has 0 aliphatic rings. The van der Waals surface area contributed by atoms with Crippen molar-refractivity contribution in [2.24, 2.45) is 7.05 Å². The van der Waals surface area contributed by atoms with Crippen LogP contribution in [0.2, 0.25) is 0 Å². The van der Waals surface area contributed by atoms with E-state index in [2.05, 4.69) is 18.1 Å². The molecule has 2 aromatic heterocycles. The van der Waals surface area contributed by atoms with Gasteiger partial charge in [0, 0.05) is 24.7 Å². The zero-order chi connectivity index (χ0) is 14.2. The van der Waals surface area contributed by atoms with Gasteiger partial charge in [0.05, 0.1) is 11.8 Å². The molecule has 19 heavy (non-hydrogen) atoms. The molecule has 1 unspecified atom stereocenters. The molecule has 4 nitrogen and oxygen atoms in total. The second-order valence-corrected chi connectivity index (χ2v) is 5.08. The average Bonchev–Trinajstić information content (AvgIpc) is 2.81. The molecular weight excluding hydrogens is 240 g/mol. The topological polar surface area (TPSA) is 51.2 Å².